The minimum absolute atomic E-state index is 0.242. The summed E-state index contributed by atoms with van der Waals surface area (Å²) in [4.78, 5) is 0. The lowest BCUT2D eigenvalue weighted by Gasteiger charge is -2.41. The first-order chi connectivity index (χ1) is 4.84. The van der Waals surface area contributed by atoms with E-state index in [4.69, 9.17) is 11.6 Å². The molecule has 0 aromatic carbocycles. The van der Waals surface area contributed by atoms with E-state index in [2.05, 4.69) is 16.5 Å². The fraction of sp³-hybridized carbons (Fsp3) is 1.00. The second kappa shape index (κ2) is 2.38. The molecule has 4 unspecified atom stereocenters. The molecule has 0 aromatic rings. The van der Waals surface area contributed by atoms with Crippen LogP contribution in [-0.4, -0.2) is 29.5 Å². The molecule has 4 atom stereocenters. The Labute approximate surface area is 69.4 Å². The van der Waals surface area contributed by atoms with Gasteiger partial charge in [-0.3, -0.25) is 0 Å². The number of nitrogens with zero attached hydrogens (tertiary/aromatic N) is 2. The molecule has 2 aliphatic rings. The Kier molecular flexibility index (Phi) is 1.65. The van der Waals surface area contributed by atoms with Crippen molar-refractivity contribution in [3.05, 3.63) is 0 Å². The number of hydrogen-bond acceptors (Lipinski definition) is 3. The van der Waals surface area contributed by atoms with E-state index in [1.165, 1.54) is 0 Å². The lowest BCUT2D eigenvalue weighted by atomic mass is 9.80. The summed E-state index contributed by atoms with van der Waals surface area (Å²) in [5.41, 5.74) is 0. The van der Waals surface area contributed by atoms with Crippen LogP contribution in [0.2, 0.25) is 0 Å². The molecule has 1 aliphatic carbocycles. The molecule has 2 rings (SSSR count). The predicted molar refractivity (Wildman–Crippen MR) is 43.9 cm³/mol. The lowest BCUT2D eigenvalue weighted by molar-refractivity contribution is 0.326. The highest BCUT2D eigenvalue weighted by Gasteiger charge is 2.51. The molecular formula is C6H9ClN2S. The van der Waals surface area contributed by atoms with Crippen LogP contribution in [0.5, 0.6) is 0 Å². The van der Waals surface area contributed by atoms with Gasteiger partial charge in [-0.05, 0) is 6.26 Å². The van der Waals surface area contributed by atoms with E-state index in [1.807, 2.05) is 11.8 Å². The third-order valence-electron chi connectivity index (χ3n) is 2.28. The summed E-state index contributed by atoms with van der Waals surface area (Å²) in [6, 6.07) is 0.346. The van der Waals surface area contributed by atoms with Crippen LogP contribution in [0.3, 0.4) is 0 Å². The minimum Gasteiger partial charge on any atom is -0.193 e. The van der Waals surface area contributed by atoms with Gasteiger partial charge in [0.2, 0.25) is 0 Å². The van der Waals surface area contributed by atoms with Gasteiger partial charge < -0.3 is 0 Å². The van der Waals surface area contributed by atoms with Gasteiger partial charge >= 0.3 is 0 Å². The highest BCUT2D eigenvalue weighted by Crippen LogP contribution is 2.45. The average molecular weight is 177 g/mol. The molecule has 1 heterocycles. The van der Waals surface area contributed by atoms with Crippen molar-refractivity contribution in [1.82, 2.24) is 0 Å². The van der Waals surface area contributed by atoms with Crippen molar-refractivity contribution >= 4 is 23.4 Å². The van der Waals surface area contributed by atoms with Crippen LogP contribution in [-0.2, 0) is 0 Å². The number of thioether (sulfide) groups is 1. The minimum atomic E-state index is 0.242. The number of azo groups is 1. The van der Waals surface area contributed by atoms with Gasteiger partial charge in [-0.25, -0.2) is 0 Å². The zero-order chi connectivity index (χ0) is 7.14. The van der Waals surface area contributed by atoms with E-state index >= 15 is 0 Å². The van der Waals surface area contributed by atoms with Crippen LogP contribution in [0, 0.1) is 5.92 Å². The van der Waals surface area contributed by atoms with Crippen molar-refractivity contribution in [1.29, 1.82) is 0 Å². The monoisotopic (exact) mass is 176 g/mol. The smallest absolute Gasteiger partial charge is 0.0939 e. The Hall–Kier alpha value is 0.240. The highest BCUT2D eigenvalue weighted by molar-refractivity contribution is 7.99. The number of halogens is 1. The van der Waals surface area contributed by atoms with Crippen LogP contribution in [0.4, 0.5) is 0 Å². The normalized spacial score (nSPS) is 50.6. The highest BCUT2D eigenvalue weighted by atomic mass is 35.5. The summed E-state index contributed by atoms with van der Waals surface area (Å²) in [7, 11) is 0. The summed E-state index contributed by atoms with van der Waals surface area (Å²) in [6.45, 7) is 0.902. The quantitative estimate of drug-likeness (QED) is 0.560. The number of fused-ring (bicyclic) bond motifs is 1. The van der Waals surface area contributed by atoms with E-state index in [9.17, 15) is 0 Å². The van der Waals surface area contributed by atoms with Gasteiger partial charge in [-0.1, -0.05) is 0 Å². The number of alkyl halides is 1. The molecule has 0 amide bonds. The van der Waals surface area contributed by atoms with Crippen molar-refractivity contribution in [3.63, 3.8) is 0 Å². The molecule has 0 N–H and O–H groups in total. The Morgan fingerprint density at radius 2 is 2.40 bits per heavy atom. The first kappa shape index (κ1) is 6.92. The van der Waals surface area contributed by atoms with Gasteiger partial charge in [0.25, 0.3) is 0 Å². The van der Waals surface area contributed by atoms with E-state index in [1.54, 1.807) is 0 Å². The number of hydrogen-bond donors (Lipinski definition) is 0. The zero-order valence-electron chi connectivity index (χ0n) is 5.70. The van der Waals surface area contributed by atoms with Gasteiger partial charge in [0.1, 0.15) is 0 Å². The maximum absolute atomic E-state index is 6.04. The van der Waals surface area contributed by atoms with Gasteiger partial charge in [-0.2, -0.15) is 22.0 Å². The lowest BCUT2D eigenvalue weighted by Crippen LogP contribution is -2.53. The molecule has 0 aromatic heterocycles. The van der Waals surface area contributed by atoms with Crippen molar-refractivity contribution in [2.24, 2.45) is 16.1 Å². The molecule has 10 heavy (non-hydrogen) atoms. The van der Waals surface area contributed by atoms with Crippen LogP contribution in [0.25, 0.3) is 0 Å². The fourth-order valence-corrected chi connectivity index (χ4v) is 3.37. The molecule has 0 saturated heterocycles. The van der Waals surface area contributed by atoms with Crippen LogP contribution in [0.15, 0.2) is 10.2 Å². The Morgan fingerprint density at radius 3 is 3.10 bits per heavy atom. The largest absolute Gasteiger partial charge is 0.193 e. The fourth-order valence-electron chi connectivity index (χ4n) is 1.62. The summed E-state index contributed by atoms with van der Waals surface area (Å²) in [6.07, 6.45) is 2.11. The second-order valence-electron chi connectivity index (χ2n) is 2.74. The van der Waals surface area contributed by atoms with E-state index in [0.717, 1.165) is 6.54 Å². The maximum atomic E-state index is 6.04. The average Bonchev–Trinajstić information content (AvgIpc) is 2.33. The topological polar surface area (TPSA) is 24.7 Å². The van der Waals surface area contributed by atoms with Gasteiger partial charge in [0.05, 0.1) is 18.0 Å². The molecule has 2 nitrogen and oxygen atoms in total. The van der Waals surface area contributed by atoms with Crippen molar-refractivity contribution in [2.75, 3.05) is 12.8 Å². The molecule has 0 radical (unpaired) electrons. The van der Waals surface area contributed by atoms with Crippen molar-refractivity contribution in [2.45, 2.75) is 16.7 Å². The van der Waals surface area contributed by atoms with Crippen molar-refractivity contribution in [3.8, 4) is 0 Å². The first-order valence-corrected chi connectivity index (χ1v) is 5.10. The van der Waals surface area contributed by atoms with Gasteiger partial charge in [0.15, 0.2) is 0 Å². The molecule has 0 spiro atoms. The second-order valence-corrected chi connectivity index (χ2v) is 4.26. The molecule has 0 bridgehead atoms. The van der Waals surface area contributed by atoms with Gasteiger partial charge in [0, 0.05) is 11.2 Å². The van der Waals surface area contributed by atoms with E-state index in [0.29, 0.717) is 17.2 Å². The molecule has 1 fully saturated rings. The maximum Gasteiger partial charge on any atom is 0.0939 e. The Balaban J connectivity index is 2.05. The molecule has 56 valence electrons. The Bertz CT molecular complexity index is 173. The van der Waals surface area contributed by atoms with E-state index in [-0.39, 0.29) is 5.38 Å². The molecular weight excluding hydrogens is 168 g/mol. The third kappa shape index (κ3) is 0.735. The predicted octanol–water partition coefficient (Wildman–Crippen LogP) is 1.79. The molecule has 4 heteroatoms. The molecule has 1 saturated carbocycles. The van der Waals surface area contributed by atoms with Gasteiger partial charge in [-0.15, -0.1) is 11.6 Å². The van der Waals surface area contributed by atoms with Crippen LogP contribution >= 0.6 is 23.4 Å². The van der Waals surface area contributed by atoms with Crippen molar-refractivity contribution < 1.29 is 0 Å². The summed E-state index contributed by atoms with van der Waals surface area (Å²) in [5, 5.41) is 8.89. The zero-order valence-corrected chi connectivity index (χ0v) is 7.27. The standard InChI is InChI=1S/C6H9ClN2S/c1-10-6-3-2-8-9-5(3)4(6)7/h3-6H,2H2,1H3. The summed E-state index contributed by atoms with van der Waals surface area (Å²) >= 11 is 7.89. The first-order valence-electron chi connectivity index (χ1n) is 3.38. The summed E-state index contributed by atoms with van der Waals surface area (Å²) < 4.78 is 0. The van der Waals surface area contributed by atoms with E-state index < -0.39 is 0 Å². The summed E-state index contributed by atoms with van der Waals surface area (Å²) in [5.74, 6) is 0.650. The Morgan fingerprint density at radius 1 is 1.60 bits per heavy atom. The third-order valence-corrected chi connectivity index (χ3v) is 4.15. The molecule has 1 aliphatic heterocycles. The SMILES string of the molecule is CSC1C(Cl)C2N=NCC21. The van der Waals surface area contributed by atoms with Crippen LogP contribution in [0.1, 0.15) is 0 Å². The van der Waals surface area contributed by atoms with Crippen LogP contribution < -0.4 is 0 Å². The number of rotatable bonds is 1.